The number of carbonyl (C=O) groups excluding carboxylic acids is 1. The highest BCUT2D eigenvalue weighted by atomic mass is 16.6. The first kappa shape index (κ1) is 21.6. The minimum absolute atomic E-state index is 0.0338. The molecule has 4 heteroatoms. The lowest BCUT2D eigenvalue weighted by Gasteiger charge is -2.45. The van der Waals surface area contributed by atoms with Crippen molar-refractivity contribution in [1.82, 2.24) is 0 Å². The van der Waals surface area contributed by atoms with E-state index in [4.69, 9.17) is 9.47 Å². The summed E-state index contributed by atoms with van der Waals surface area (Å²) in [6.07, 6.45) is 4.33. The number of esters is 1. The van der Waals surface area contributed by atoms with E-state index in [1.54, 1.807) is 0 Å². The maximum Gasteiger partial charge on any atom is 0.306 e. The van der Waals surface area contributed by atoms with Gasteiger partial charge in [-0.1, -0.05) is 39.5 Å². The summed E-state index contributed by atoms with van der Waals surface area (Å²) in [4.78, 5) is 12.5. The van der Waals surface area contributed by atoms with Crippen LogP contribution in [0, 0.1) is 23.7 Å². The maximum atomic E-state index is 12.5. The predicted molar refractivity (Wildman–Crippen MR) is 111 cm³/mol. The lowest BCUT2D eigenvalue weighted by atomic mass is 9.61. The third-order valence-electron chi connectivity index (χ3n) is 7.36. The van der Waals surface area contributed by atoms with Gasteiger partial charge in [0.25, 0.3) is 0 Å². The Balaban J connectivity index is 2.02. The molecule has 1 N–H and O–H groups in total. The van der Waals surface area contributed by atoms with Gasteiger partial charge in [0.15, 0.2) is 0 Å². The van der Waals surface area contributed by atoms with Gasteiger partial charge < -0.3 is 14.6 Å². The molecule has 2 heterocycles. The molecule has 2 aliphatic heterocycles. The van der Waals surface area contributed by atoms with Crippen molar-refractivity contribution in [2.45, 2.75) is 96.6 Å². The van der Waals surface area contributed by atoms with E-state index in [2.05, 4.69) is 27.0 Å². The van der Waals surface area contributed by atoms with Crippen molar-refractivity contribution in [3.63, 3.8) is 0 Å². The number of aliphatic hydroxyl groups excluding tert-OH is 1. The minimum atomic E-state index is -0.736. The number of carbonyl (C=O) groups is 1. The summed E-state index contributed by atoms with van der Waals surface area (Å²) in [6, 6.07) is 0. The van der Waals surface area contributed by atoms with Gasteiger partial charge in [0.1, 0.15) is 11.7 Å². The van der Waals surface area contributed by atoms with Gasteiger partial charge in [0, 0.05) is 18.3 Å². The van der Waals surface area contributed by atoms with Crippen LogP contribution in [0.25, 0.3) is 0 Å². The Morgan fingerprint density at radius 2 is 2.04 bits per heavy atom. The van der Waals surface area contributed by atoms with Crippen LogP contribution in [0.3, 0.4) is 0 Å². The fourth-order valence-electron chi connectivity index (χ4n) is 5.83. The van der Waals surface area contributed by atoms with Crippen LogP contribution in [0.4, 0.5) is 0 Å². The average molecular weight is 391 g/mol. The molecule has 0 radical (unpaired) electrons. The molecule has 3 aliphatic rings. The van der Waals surface area contributed by atoms with E-state index in [0.717, 1.165) is 24.8 Å². The summed E-state index contributed by atoms with van der Waals surface area (Å²) in [5, 5.41) is 10.6. The molecule has 0 aromatic heterocycles. The van der Waals surface area contributed by atoms with Crippen LogP contribution in [-0.4, -0.2) is 35.0 Å². The van der Waals surface area contributed by atoms with E-state index in [-0.39, 0.29) is 24.1 Å². The number of hydrogen-bond donors (Lipinski definition) is 1. The van der Waals surface area contributed by atoms with Crippen molar-refractivity contribution >= 4 is 5.97 Å². The summed E-state index contributed by atoms with van der Waals surface area (Å²) in [5.74, 6) is 1.44. The van der Waals surface area contributed by atoms with Gasteiger partial charge in [0.05, 0.1) is 12.2 Å². The fourth-order valence-corrected chi connectivity index (χ4v) is 5.83. The Morgan fingerprint density at radius 1 is 1.32 bits per heavy atom. The van der Waals surface area contributed by atoms with Crippen LogP contribution < -0.4 is 0 Å². The van der Waals surface area contributed by atoms with Gasteiger partial charge in [-0.15, -0.1) is 0 Å². The minimum Gasteiger partial charge on any atom is -0.457 e. The zero-order valence-corrected chi connectivity index (χ0v) is 18.1. The molecule has 1 aliphatic carbocycles. The van der Waals surface area contributed by atoms with Crippen LogP contribution in [0.15, 0.2) is 24.3 Å². The molecule has 3 fully saturated rings. The monoisotopic (exact) mass is 390 g/mol. The zero-order chi connectivity index (χ0) is 20.6. The van der Waals surface area contributed by atoms with Gasteiger partial charge in [-0.3, -0.25) is 4.79 Å². The second kappa shape index (κ2) is 8.31. The Hall–Kier alpha value is -1.13. The molecule has 1 saturated carbocycles. The summed E-state index contributed by atoms with van der Waals surface area (Å²) >= 11 is 0. The summed E-state index contributed by atoms with van der Waals surface area (Å²) in [5.41, 5.74) is 1.34. The highest BCUT2D eigenvalue weighted by molar-refractivity contribution is 5.69. The van der Waals surface area contributed by atoms with Crippen molar-refractivity contribution in [2.75, 3.05) is 0 Å². The normalized spacial score (nSPS) is 41.2. The molecule has 3 rings (SSSR count). The third-order valence-corrected chi connectivity index (χ3v) is 7.36. The molecule has 2 bridgehead atoms. The number of fused-ring (bicyclic) bond motifs is 5. The van der Waals surface area contributed by atoms with Gasteiger partial charge in [-0.05, 0) is 62.9 Å². The summed E-state index contributed by atoms with van der Waals surface area (Å²) in [6.45, 7) is 17.1. The Bertz CT molecular complexity index is 624. The maximum absolute atomic E-state index is 12.5. The van der Waals surface area contributed by atoms with Crippen LogP contribution in [0.2, 0.25) is 0 Å². The van der Waals surface area contributed by atoms with E-state index in [1.165, 1.54) is 5.57 Å². The first-order valence-electron chi connectivity index (χ1n) is 11.1. The van der Waals surface area contributed by atoms with E-state index < -0.39 is 11.7 Å². The second-order valence-corrected chi connectivity index (χ2v) is 9.76. The molecule has 4 nitrogen and oxygen atoms in total. The number of rotatable bonds is 4. The molecular formula is C24H38O4. The molecule has 0 amide bonds. The molecule has 0 aromatic rings. The van der Waals surface area contributed by atoms with Gasteiger partial charge in [-0.25, -0.2) is 0 Å². The largest absolute Gasteiger partial charge is 0.457 e. The van der Waals surface area contributed by atoms with Crippen molar-refractivity contribution in [2.24, 2.45) is 23.7 Å². The second-order valence-electron chi connectivity index (χ2n) is 9.76. The van der Waals surface area contributed by atoms with Crippen LogP contribution in [0.5, 0.6) is 0 Å². The summed E-state index contributed by atoms with van der Waals surface area (Å²) < 4.78 is 12.8. The molecule has 0 spiro atoms. The van der Waals surface area contributed by atoms with E-state index in [1.807, 2.05) is 13.8 Å². The average Bonchev–Trinajstić information content (AvgIpc) is 3.01. The topological polar surface area (TPSA) is 55.8 Å². The quantitative estimate of drug-likeness (QED) is 0.553. The van der Waals surface area contributed by atoms with Gasteiger partial charge in [-0.2, -0.15) is 0 Å². The van der Waals surface area contributed by atoms with E-state index in [9.17, 15) is 9.90 Å². The van der Waals surface area contributed by atoms with Gasteiger partial charge >= 0.3 is 5.97 Å². The Kier molecular flexibility index (Phi) is 6.41. The first-order valence-corrected chi connectivity index (χ1v) is 11.1. The van der Waals surface area contributed by atoms with E-state index in [0.29, 0.717) is 43.4 Å². The Labute approximate surface area is 170 Å². The zero-order valence-electron chi connectivity index (χ0n) is 18.1. The van der Waals surface area contributed by atoms with E-state index >= 15 is 0 Å². The fraction of sp³-hybridized carbons (Fsp3) is 0.792. The van der Waals surface area contributed by atoms with Crippen LogP contribution >= 0.6 is 0 Å². The molecule has 2 saturated heterocycles. The summed E-state index contributed by atoms with van der Waals surface area (Å²) in [7, 11) is 0. The number of aliphatic hydroxyl groups is 1. The highest BCUT2D eigenvalue weighted by Gasteiger charge is 2.58. The Morgan fingerprint density at radius 3 is 2.68 bits per heavy atom. The third kappa shape index (κ3) is 3.95. The van der Waals surface area contributed by atoms with Crippen molar-refractivity contribution in [3.8, 4) is 0 Å². The predicted octanol–water partition coefficient (Wildman–Crippen LogP) is 4.81. The molecular weight excluding hydrogens is 352 g/mol. The van der Waals surface area contributed by atoms with Crippen LogP contribution in [-0.2, 0) is 14.3 Å². The SMILES string of the molecule is C=C1CC2OC(C3C(C(C)C)CCC(=C)C23)C(C)(OC(=O)CCC)CCC1O. The molecule has 7 unspecified atom stereocenters. The molecule has 7 atom stereocenters. The lowest BCUT2D eigenvalue weighted by molar-refractivity contribution is -0.181. The molecule has 0 aromatic carbocycles. The lowest BCUT2D eigenvalue weighted by Crippen LogP contribution is -2.51. The number of hydrogen-bond acceptors (Lipinski definition) is 4. The molecule has 158 valence electrons. The van der Waals surface area contributed by atoms with Gasteiger partial charge in [0.2, 0.25) is 0 Å². The number of ether oxygens (including phenoxy) is 2. The van der Waals surface area contributed by atoms with Crippen LogP contribution in [0.1, 0.15) is 72.6 Å². The molecule has 28 heavy (non-hydrogen) atoms. The van der Waals surface area contributed by atoms with Crippen molar-refractivity contribution < 1.29 is 19.4 Å². The highest BCUT2D eigenvalue weighted by Crippen LogP contribution is 2.55. The van der Waals surface area contributed by atoms with Crippen molar-refractivity contribution in [3.05, 3.63) is 24.3 Å². The van der Waals surface area contributed by atoms with Crippen molar-refractivity contribution in [1.29, 1.82) is 0 Å². The smallest absolute Gasteiger partial charge is 0.306 e. The first-order chi connectivity index (χ1) is 13.2. The standard InChI is InChI=1S/C24H38O4/c1-7-8-20(26)28-24(6)12-11-18(25)16(5)13-19-21-15(4)9-10-17(14(2)3)22(21)23(24)27-19/h14,17-19,21-23,25H,4-5,7-13H2,1-3,6H3.